The molecule has 1 atom stereocenters. The largest absolute Gasteiger partial charge is 0.468 e. The molecule has 0 spiro atoms. The molecular formula is C15H22N2O4. The number of ether oxygens (including phenoxy) is 1. The van der Waals surface area contributed by atoms with Crippen LogP contribution in [0.1, 0.15) is 18.4 Å². The highest BCUT2D eigenvalue weighted by atomic mass is 16.6. The van der Waals surface area contributed by atoms with Crippen LogP contribution in [-0.2, 0) is 16.1 Å². The topological polar surface area (TPSA) is 93.8 Å². The van der Waals surface area contributed by atoms with Gasteiger partial charge >= 0.3 is 5.97 Å². The summed E-state index contributed by atoms with van der Waals surface area (Å²) in [4.78, 5) is 15.2. The van der Waals surface area contributed by atoms with Gasteiger partial charge in [-0.15, -0.1) is 12.8 Å². The molecule has 4 N–H and O–H groups in total. The Hall–Kier alpha value is -2.07. The van der Waals surface area contributed by atoms with Crippen LogP contribution < -0.4 is 16.1 Å². The van der Waals surface area contributed by atoms with E-state index in [1.807, 2.05) is 6.07 Å². The molecule has 6 nitrogen and oxygen atoms in total. The normalized spacial score (nSPS) is 15.8. The van der Waals surface area contributed by atoms with Gasteiger partial charge in [-0.3, -0.25) is 4.79 Å². The predicted molar refractivity (Wildman–Crippen MR) is 80.1 cm³/mol. The van der Waals surface area contributed by atoms with Crippen molar-refractivity contribution in [1.82, 2.24) is 5.32 Å². The zero-order valence-corrected chi connectivity index (χ0v) is 12.1. The van der Waals surface area contributed by atoms with Crippen molar-refractivity contribution in [2.45, 2.75) is 25.5 Å². The Balaban J connectivity index is 0.000000342. The van der Waals surface area contributed by atoms with Crippen LogP contribution in [0.25, 0.3) is 0 Å². The fourth-order valence-corrected chi connectivity index (χ4v) is 1.78. The Bertz CT molecular complexity index is 406. The minimum Gasteiger partial charge on any atom is -0.468 e. The first-order valence-corrected chi connectivity index (χ1v) is 6.43. The molecule has 0 radical (unpaired) electrons. The van der Waals surface area contributed by atoms with E-state index < -0.39 is 0 Å². The van der Waals surface area contributed by atoms with Gasteiger partial charge in [-0.25, -0.2) is 0 Å². The molecule has 6 heteroatoms. The third-order valence-corrected chi connectivity index (χ3v) is 2.82. The second kappa shape index (κ2) is 11.7. The summed E-state index contributed by atoms with van der Waals surface area (Å²) in [6, 6.07) is 7.03. The average molecular weight is 294 g/mol. The summed E-state index contributed by atoms with van der Waals surface area (Å²) < 4.78 is 4.53. The molecule has 1 unspecified atom stereocenters. The van der Waals surface area contributed by atoms with E-state index in [2.05, 4.69) is 27.7 Å². The summed E-state index contributed by atoms with van der Waals surface area (Å²) in [6.07, 6.45) is 10.0. The third kappa shape index (κ3) is 6.77. The van der Waals surface area contributed by atoms with Gasteiger partial charge in [0.25, 0.3) is 0 Å². The predicted octanol–water partition coefficient (Wildman–Crippen LogP) is 0.592. The van der Waals surface area contributed by atoms with Gasteiger partial charge in [0.15, 0.2) is 5.75 Å². The number of carbonyl (C=O) groups is 1. The van der Waals surface area contributed by atoms with Gasteiger partial charge in [-0.05, 0) is 25.5 Å². The first kappa shape index (κ1) is 18.9. The summed E-state index contributed by atoms with van der Waals surface area (Å²) in [5.74, 6) is 5.30. The van der Waals surface area contributed by atoms with Gasteiger partial charge in [-0.1, -0.05) is 18.2 Å². The van der Waals surface area contributed by atoms with E-state index in [1.54, 1.807) is 18.2 Å². The molecule has 1 aliphatic heterocycles. The maximum Gasteiger partial charge on any atom is 0.322 e. The minimum absolute atomic E-state index is 0.0324. The molecular weight excluding hydrogens is 272 g/mol. The maximum absolute atomic E-state index is 10.7. The molecule has 1 aromatic carbocycles. The maximum atomic E-state index is 10.7. The van der Waals surface area contributed by atoms with Crippen molar-refractivity contribution in [2.24, 2.45) is 5.90 Å². The van der Waals surface area contributed by atoms with Crippen molar-refractivity contribution >= 4 is 5.97 Å². The number of nitrogens with two attached hydrogens (primary N) is 1. The van der Waals surface area contributed by atoms with Gasteiger partial charge < -0.3 is 20.0 Å². The van der Waals surface area contributed by atoms with Gasteiger partial charge in [0.1, 0.15) is 6.04 Å². The van der Waals surface area contributed by atoms with Crippen molar-refractivity contribution in [1.29, 1.82) is 0 Å². The van der Waals surface area contributed by atoms with E-state index >= 15 is 0 Å². The second-order valence-corrected chi connectivity index (χ2v) is 4.06. The van der Waals surface area contributed by atoms with Crippen LogP contribution >= 0.6 is 0 Å². The van der Waals surface area contributed by atoms with E-state index in [1.165, 1.54) is 7.11 Å². The van der Waals surface area contributed by atoms with E-state index in [0.29, 0.717) is 11.3 Å². The van der Waals surface area contributed by atoms with Crippen LogP contribution in [0.4, 0.5) is 0 Å². The highest BCUT2D eigenvalue weighted by molar-refractivity contribution is 5.75. The number of hydrogen-bond acceptors (Lipinski definition) is 6. The van der Waals surface area contributed by atoms with E-state index in [-0.39, 0.29) is 18.6 Å². The zero-order chi connectivity index (χ0) is 16.1. The molecule has 0 saturated carbocycles. The quantitative estimate of drug-likeness (QED) is 0.429. The fraction of sp³-hybridized carbons (Fsp3) is 0.400. The monoisotopic (exact) mass is 294 g/mol. The molecule has 116 valence electrons. The summed E-state index contributed by atoms with van der Waals surface area (Å²) in [5.41, 5.74) is 0.699. The first-order valence-electron chi connectivity index (χ1n) is 6.43. The number of aliphatic hydroxyl groups is 1. The van der Waals surface area contributed by atoms with Gasteiger partial charge in [0.05, 0.1) is 13.7 Å². The summed E-state index contributed by atoms with van der Waals surface area (Å²) >= 11 is 0. The number of methoxy groups -OCH3 is 1. The van der Waals surface area contributed by atoms with Crippen LogP contribution in [0.5, 0.6) is 5.75 Å². The van der Waals surface area contributed by atoms with Gasteiger partial charge in [0.2, 0.25) is 0 Å². The Morgan fingerprint density at radius 3 is 2.57 bits per heavy atom. The number of benzene rings is 1. The lowest BCUT2D eigenvalue weighted by Gasteiger charge is -2.04. The number of nitrogens with one attached hydrogen (secondary N) is 1. The van der Waals surface area contributed by atoms with E-state index in [4.69, 9.17) is 11.0 Å². The van der Waals surface area contributed by atoms with E-state index in [0.717, 1.165) is 19.4 Å². The molecule has 1 saturated heterocycles. The standard InChI is InChI=1S/C7H9NO2.C6H11NO2.C2H2/c8-10-7-4-2-1-3-6(7)5-9;1-9-6(8)5-3-2-4-7-5;1-2/h1-4,9H,5,8H2;5,7H,2-4H2,1H3;1-2H. The number of terminal acetylenes is 1. The number of aliphatic hydroxyl groups excluding tert-OH is 1. The van der Waals surface area contributed by atoms with Crippen LogP contribution in [0, 0.1) is 12.8 Å². The highest BCUT2D eigenvalue weighted by Gasteiger charge is 2.21. The summed E-state index contributed by atoms with van der Waals surface area (Å²) in [5, 5.41) is 11.7. The van der Waals surface area contributed by atoms with Gasteiger partial charge in [0, 0.05) is 5.56 Å². The molecule has 1 fully saturated rings. The van der Waals surface area contributed by atoms with Crippen LogP contribution in [-0.4, -0.2) is 30.8 Å². The second-order valence-electron chi connectivity index (χ2n) is 4.06. The van der Waals surface area contributed by atoms with Gasteiger partial charge in [-0.2, -0.15) is 5.90 Å². The molecule has 0 aromatic heterocycles. The Labute approximate surface area is 125 Å². The number of hydrogen-bond donors (Lipinski definition) is 3. The smallest absolute Gasteiger partial charge is 0.322 e. The Kier molecular flexibility index (Phi) is 10.6. The Morgan fingerprint density at radius 1 is 1.48 bits per heavy atom. The lowest BCUT2D eigenvalue weighted by molar-refractivity contribution is -0.142. The molecule has 1 aromatic rings. The summed E-state index contributed by atoms with van der Waals surface area (Å²) in [6.45, 7) is 0.896. The molecule has 21 heavy (non-hydrogen) atoms. The van der Waals surface area contributed by atoms with Crippen molar-refractivity contribution in [2.75, 3.05) is 13.7 Å². The van der Waals surface area contributed by atoms with Crippen molar-refractivity contribution in [3.05, 3.63) is 29.8 Å². The Morgan fingerprint density at radius 2 is 2.14 bits per heavy atom. The fourth-order valence-electron chi connectivity index (χ4n) is 1.78. The molecule has 1 aliphatic rings. The molecule has 1 heterocycles. The van der Waals surface area contributed by atoms with E-state index in [9.17, 15) is 4.79 Å². The molecule has 0 aliphatic carbocycles. The molecule has 0 amide bonds. The van der Waals surface area contributed by atoms with Crippen LogP contribution in [0.3, 0.4) is 0 Å². The molecule has 0 bridgehead atoms. The SMILES string of the molecule is C#C.COC(=O)C1CCCN1.NOc1ccccc1CO. The number of carbonyl (C=O) groups excluding carboxylic acids is 1. The molecule has 2 rings (SSSR count). The van der Waals surface area contributed by atoms with Crippen molar-refractivity contribution in [3.63, 3.8) is 0 Å². The lowest BCUT2D eigenvalue weighted by Crippen LogP contribution is -2.31. The number of esters is 1. The number of rotatable bonds is 3. The minimum atomic E-state index is -0.132. The van der Waals surface area contributed by atoms with Crippen molar-refractivity contribution in [3.8, 4) is 18.6 Å². The first-order chi connectivity index (χ1) is 10.2. The lowest BCUT2D eigenvalue weighted by atomic mass is 10.2. The third-order valence-electron chi connectivity index (χ3n) is 2.82. The highest BCUT2D eigenvalue weighted by Crippen LogP contribution is 2.15. The van der Waals surface area contributed by atoms with Crippen LogP contribution in [0.15, 0.2) is 24.3 Å². The average Bonchev–Trinajstić information content (AvgIpc) is 3.11. The zero-order valence-electron chi connectivity index (χ0n) is 12.1. The number of para-hydroxylation sites is 1. The van der Waals surface area contributed by atoms with Crippen molar-refractivity contribution < 1.29 is 19.5 Å². The summed E-state index contributed by atoms with van der Waals surface area (Å²) in [7, 11) is 1.42. The van der Waals surface area contributed by atoms with Crippen LogP contribution in [0.2, 0.25) is 0 Å².